The van der Waals surface area contributed by atoms with Gasteiger partial charge in [0, 0.05) is 29.2 Å². The second-order valence-corrected chi connectivity index (χ2v) is 8.38. The molecule has 0 bridgehead atoms. The van der Waals surface area contributed by atoms with Gasteiger partial charge in [-0.15, -0.1) is 12.4 Å². The van der Waals surface area contributed by atoms with E-state index in [1.807, 2.05) is 29.8 Å². The average Bonchev–Trinajstić information content (AvgIpc) is 3.22. The largest absolute Gasteiger partial charge is 0.326 e. The zero-order valence-electron chi connectivity index (χ0n) is 18.5. The summed E-state index contributed by atoms with van der Waals surface area (Å²) >= 11 is 6.37. The number of benzene rings is 2. The standard InChI is InChI=1S/C24H26ClN5O2.ClH/c1-15-21(25)4-3-5-22(15)30-23(17-10-12-26-13-11-17)20(14-27-30)24(32)29-19-8-6-18(7-9-19)28-16(2)31;/h3-9,14,17,26H,10-13H2,1-2H3,(H,28,31)(H,29,32);1H. The van der Waals surface area contributed by atoms with Crippen molar-refractivity contribution in [3.8, 4) is 5.69 Å². The third kappa shape index (κ3) is 5.55. The van der Waals surface area contributed by atoms with Gasteiger partial charge in [0.1, 0.15) is 0 Å². The fraction of sp³-hybridized carbons (Fsp3) is 0.292. The third-order valence-corrected chi connectivity index (χ3v) is 6.12. The Kier molecular flexibility index (Phi) is 8.13. The lowest BCUT2D eigenvalue weighted by atomic mass is 9.91. The molecule has 0 spiro atoms. The number of hydrogen-bond acceptors (Lipinski definition) is 4. The third-order valence-electron chi connectivity index (χ3n) is 5.71. The maximum Gasteiger partial charge on any atom is 0.259 e. The van der Waals surface area contributed by atoms with Crippen LogP contribution in [0.15, 0.2) is 48.7 Å². The second-order valence-electron chi connectivity index (χ2n) is 7.98. The van der Waals surface area contributed by atoms with Gasteiger partial charge < -0.3 is 16.0 Å². The quantitative estimate of drug-likeness (QED) is 0.475. The highest BCUT2D eigenvalue weighted by Gasteiger charge is 2.27. The first-order chi connectivity index (χ1) is 15.4. The summed E-state index contributed by atoms with van der Waals surface area (Å²) in [5.74, 6) is -0.145. The summed E-state index contributed by atoms with van der Waals surface area (Å²) in [7, 11) is 0. The average molecular weight is 488 g/mol. The van der Waals surface area contributed by atoms with Crippen molar-refractivity contribution in [2.24, 2.45) is 0 Å². The van der Waals surface area contributed by atoms with Crippen molar-refractivity contribution in [2.75, 3.05) is 23.7 Å². The molecule has 4 rings (SSSR count). The number of piperidine rings is 1. The monoisotopic (exact) mass is 487 g/mol. The molecule has 2 heterocycles. The fourth-order valence-corrected chi connectivity index (χ4v) is 4.25. The molecule has 174 valence electrons. The van der Waals surface area contributed by atoms with Crippen LogP contribution in [0.25, 0.3) is 5.69 Å². The predicted octanol–water partition coefficient (Wildman–Crippen LogP) is 4.93. The normalized spacial score (nSPS) is 13.8. The van der Waals surface area contributed by atoms with Gasteiger partial charge >= 0.3 is 0 Å². The summed E-state index contributed by atoms with van der Waals surface area (Å²) in [6, 6.07) is 12.8. The maximum absolute atomic E-state index is 13.3. The van der Waals surface area contributed by atoms with Crippen molar-refractivity contribution in [1.29, 1.82) is 0 Å². The van der Waals surface area contributed by atoms with E-state index in [0.29, 0.717) is 22.0 Å². The van der Waals surface area contributed by atoms with E-state index < -0.39 is 0 Å². The predicted molar refractivity (Wildman–Crippen MR) is 134 cm³/mol. The molecule has 1 aromatic heterocycles. The summed E-state index contributed by atoms with van der Waals surface area (Å²) in [5, 5.41) is 14.3. The molecule has 3 aromatic rings. The van der Waals surface area contributed by atoms with Gasteiger partial charge in [0.15, 0.2) is 0 Å². The van der Waals surface area contributed by atoms with Crippen molar-refractivity contribution >= 4 is 47.2 Å². The molecule has 0 aliphatic carbocycles. The van der Waals surface area contributed by atoms with E-state index in [0.717, 1.165) is 42.9 Å². The minimum absolute atomic E-state index is 0. The fourth-order valence-electron chi connectivity index (χ4n) is 4.08. The minimum atomic E-state index is -0.211. The number of nitrogens with one attached hydrogen (secondary N) is 3. The molecule has 0 atom stereocenters. The number of carbonyl (C=O) groups is 2. The lowest BCUT2D eigenvalue weighted by molar-refractivity contribution is -0.114. The Labute approximate surface area is 204 Å². The van der Waals surface area contributed by atoms with E-state index in [2.05, 4.69) is 21.0 Å². The van der Waals surface area contributed by atoms with Gasteiger partial charge in [0.25, 0.3) is 5.91 Å². The molecular formula is C24H27Cl2N5O2. The van der Waals surface area contributed by atoms with E-state index in [9.17, 15) is 9.59 Å². The van der Waals surface area contributed by atoms with Crippen molar-refractivity contribution in [3.63, 3.8) is 0 Å². The van der Waals surface area contributed by atoms with E-state index in [1.165, 1.54) is 6.92 Å². The first-order valence-electron chi connectivity index (χ1n) is 10.7. The maximum atomic E-state index is 13.3. The van der Waals surface area contributed by atoms with E-state index in [-0.39, 0.29) is 30.1 Å². The van der Waals surface area contributed by atoms with E-state index in [4.69, 9.17) is 11.6 Å². The van der Waals surface area contributed by atoms with E-state index >= 15 is 0 Å². The van der Waals surface area contributed by atoms with Crippen LogP contribution >= 0.6 is 24.0 Å². The van der Waals surface area contributed by atoms with Crippen molar-refractivity contribution in [1.82, 2.24) is 15.1 Å². The zero-order valence-corrected chi connectivity index (χ0v) is 20.1. The van der Waals surface area contributed by atoms with Crippen LogP contribution in [0, 0.1) is 6.92 Å². The van der Waals surface area contributed by atoms with Gasteiger partial charge in [-0.25, -0.2) is 4.68 Å². The topological polar surface area (TPSA) is 88.1 Å². The summed E-state index contributed by atoms with van der Waals surface area (Å²) in [6.07, 6.45) is 3.49. The number of carbonyl (C=O) groups excluding carboxylic acids is 2. The van der Waals surface area contributed by atoms with Crippen LogP contribution in [0.2, 0.25) is 5.02 Å². The van der Waals surface area contributed by atoms with Gasteiger partial charge in [0.05, 0.1) is 23.1 Å². The molecule has 7 nitrogen and oxygen atoms in total. The molecule has 0 unspecified atom stereocenters. The number of halogens is 2. The Morgan fingerprint density at radius 2 is 1.70 bits per heavy atom. The first kappa shape index (κ1) is 24.8. The van der Waals surface area contributed by atoms with Crippen LogP contribution in [-0.2, 0) is 4.79 Å². The lowest BCUT2D eigenvalue weighted by Crippen LogP contribution is -2.29. The van der Waals surface area contributed by atoms with Crippen molar-refractivity contribution in [3.05, 3.63) is 70.5 Å². The summed E-state index contributed by atoms with van der Waals surface area (Å²) < 4.78 is 1.87. The summed E-state index contributed by atoms with van der Waals surface area (Å²) in [6.45, 7) is 5.21. The summed E-state index contributed by atoms with van der Waals surface area (Å²) in [4.78, 5) is 24.5. The number of rotatable bonds is 5. The molecule has 0 radical (unpaired) electrons. The van der Waals surface area contributed by atoms with Crippen LogP contribution in [0.3, 0.4) is 0 Å². The second kappa shape index (κ2) is 10.8. The molecule has 1 fully saturated rings. The Balaban J connectivity index is 0.00000306. The molecule has 1 aliphatic heterocycles. The molecule has 2 amide bonds. The number of nitrogens with zero attached hydrogens (tertiary/aromatic N) is 2. The van der Waals surface area contributed by atoms with Crippen LogP contribution in [0.5, 0.6) is 0 Å². The highest BCUT2D eigenvalue weighted by atomic mass is 35.5. The molecule has 1 saturated heterocycles. The van der Waals surface area contributed by atoms with Gasteiger partial charge in [0.2, 0.25) is 5.91 Å². The van der Waals surface area contributed by atoms with Crippen LogP contribution < -0.4 is 16.0 Å². The summed E-state index contributed by atoms with van der Waals surface area (Å²) in [5.41, 5.74) is 4.59. The molecule has 9 heteroatoms. The molecule has 2 aromatic carbocycles. The first-order valence-corrected chi connectivity index (χ1v) is 11.0. The number of amides is 2. The van der Waals surface area contributed by atoms with Crippen LogP contribution in [0.1, 0.15) is 47.3 Å². The van der Waals surface area contributed by atoms with Gasteiger partial charge in [-0.3, -0.25) is 9.59 Å². The van der Waals surface area contributed by atoms with Crippen LogP contribution in [-0.4, -0.2) is 34.7 Å². The highest BCUT2D eigenvalue weighted by Crippen LogP contribution is 2.32. The van der Waals surface area contributed by atoms with Crippen molar-refractivity contribution in [2.45, 2.75) is 32.6 Å². The Morgan fingerprint density at radius 1 is 1.06 bits per heavy atom. The van der Waals surface area contributed by atoms with Gasteiger partial charge in [-0.2, -0.15) is 5.10 Å². The number of aromatic nitrogens is 2. The van der Waals surface area contributed by atoms with Crippen LogP contribution in [0.4, 0.5) is 11.4 Å². The molecule has 1 aliphatic rings. The number of hydrogen-bond donors (Lipinski definition) is 3. The van der Waals surface area contributed by atoms with E-state index in [1.54, 1.807) is 30.5 Å². The highest BCUT2D eigenvalue weighted by molar-refractivity contribution is 6.31. The Bertz CT molecular complexity index is 1140. The molecule has 3 N–H and O–H groups in total. The SMILES string of the molecule is CC(=O)Nc1ccc(NC(=O)c2cnn(-c3cccc(Cl)c3C)c2C2CCNCC2)cc1.Cl. The number of anilines is 2. The molecular weight excluding hydrogens is 461 g/mol. The smallest absolute Gasteiger partial charge is 0.259 e. The lowest BCUT2D eigenvalue weighted by Gasteiger charge is -2.25. The zero-order chi connectivity index (χ0) is 22.7. The van der Waals surface area contributed by atoms with Crippen molar-refractivity contribution < 1.29 is 9.59 Å². The minimum Gasteiger partial charge on any atom is -0.326 e. The Hall–Kier alpha value is -2.87. The molecule has 33 heavy (non-hydrogen) atoms. The van der Waals surface area contributed by atoms with Gasteiger partial charge in [-0.05, 0) is 74.8 Å². The Morgan fingerprint density at radius 3 is 2.33 bits per heavy atom. The molecule has 0 saturated carbocycles. The van der Waals surface area contributed by atoms with Gasteiger partial charge in [-0.1, -0.05) is 17.7 Å².